The summed E-state index contributed by atoms with van der Waals surface area (Å²) in [5.41, 5.74) is 3.89. The van der Waals surface area contributed by atoms with Crippen LogP contribution in [-0.2, 0) is 18.3 Å². The van der Waals surface area contributed by atoms with Crippen molar-refractivity contribution in [3.63, 3.8) is 0 Å². The number of H-pyrrole nitrogens is 1. The van der Waals surface area contributed by atoms with Gasteiger partial charge in [-0.25, -0.2) is 4.79 Å². The van der Waals surface area contributed by atoms with Crippen molar-refractivity contribution >= 4 is 28.7 Å². The van der Waals surface area contributed by atoms with Gasteiger partial charge in [0.25, 0.3) is 5.91 Å². The number of hydrogen-bond donors (Lipinski definition) is 4. The number of carbonyl (C=O) groups excluding carboxylic acids is 2. The zero-order chi connectivity index (χ0) is 22.5. The van der Waals surface area contributed by atoms with Crippen LogP contribution < -0.4 is 16.0 Å². The number of aromatic amines is 1. The van der Waals surface area contributed by atoms with Crippen LogP contribution in [0, 0.1) is 0 Å². The number of fused-ring (bicyclic) bond motifs is 3. The minimum Gasteiger partial charge on any atom is -0.359 e. The Morgan fingerprint density at radius 1 is 1.09 bits per heavy atom. The van der Waals surface area contributed by atoms with E-state index < -0.39 is 0 Å². The maximum atomic E-state index is 12.5. The number of carbonyl (C=O) groups is 2. The fraction of sp³-hybridized carbons (Fsp3) is 0.458. The van der Waals surface area contributed by atoms with E-state index in [9.17, 15) is 9.59 Å². The van der Waals surface area contributed by atoms with Crippen molar-refractivity contribution in [3.05, 3.63) is 46.8 Å². The number of benzene rings is 1. The first-order valence-electron chi connectivity index (χ1n) is 11.3. The summed E-state index contributed by atoms with van der Waals surface area (Å²) in [6.07, 6.45) is 4.52. The number of anilines is 1. The smallest absolute Gasteiger partial charge is 0.320 e. The minimum atomic E-state index is -0.295. The molecule has 32 heavy (non-hydrogen) atoms. The Balaban J connectivity index is 1.27. The highest BCUT2D eigenvalue weighted by atomic mass is 16.5. The van der Waals surface area contributed by atoms with Gasteiger partial charge in [-0.2, -0.15) is 0 Å². The monoisotopic (exact) mass is 435 g/mol. The van der Waals surface area contributed by atoms with Gasteiger partial charge in [-0.1, -0.05) is 25.9 Å². The molecule has 3 amide bonds. The molecule has 1 unspecified atom stereocenters. The number of aromatic nitrogens is 2. The van der Waals surface area contributed by atoms with E-state index in [-0.39, 0.29) is 23.4 Å². The third kappa shape index (κ3) is 4.22. The van der Waals surface area contributed by atoms with Crippen LogP contribution in [-0.4, -0.2) is 34.2 Å². The zero-order valence-corrected chi connectivity index (χ0v) is 18.7. The van der Waals surface area contributed by atoms with Crippen molar-refractivity contribution in [1.29, 1.82) is 0 Å². The average molecular weight is 436 g/mol. The van der Waals surface area contributed by atoms with Gasteiger partial charge in [0, 0.05) is 45.7 Å². The van der Waals surface area contributed by atoms with Gasteiger partial charge in [0.1, 0.15) is 5.76 Å². The number of aryl methyl sites for hydroxylation is 1. The summed E-state index contributed by atoms with van der Waals surface area (Å²) >= 11 is 0. The van der Waals surface area contributed by atoms with Gasteiger partial charge in [-0.15, -0.1) is 0 Å². The second kappa shape index (κ2) is 7.69. The predicted octanol–water partition coefficient (Wildman–Crippen LogP) is 4.02. The Hall–Kier alpha value is -3.29. The van der Waals surface area contributed by atoms with Crippen LogP contribution in [0.3, 0.4) is 0 Å². The van der Waals surface area contributed by atoms with Gasteiger partial charge in [0.15, 0.2) is 5.82 Å². The summed E-state index contributed by atoms with van der Waals surface area (Å²) in [5.74, 6) is 1.11. The summed E-state index contributed by atoms with van der Waals surface area (Å²) in [6.45, 7) is 6.08. The molecule has 2 aliphatic rings. The molecule has 8 nitrogen and oxygen atoms in total. The molecule has 168 valence electrons. The first-order valence-corrected chi connectivity index (χ1v) is 11.3. The molecular formula is C24H29N5O3. The molecule has 0 saturated heterocycles. The van der Waals surface area contributed by atoms with Gasteiger partial charge in [-0.3, -0.25) is 10.1 Å². The second-order valence-corrected chi connectivity index (χ2v) is 9.95. The van der Waals surface area contributed by atoms with Crippen LogP contribution in [0.2, 0.25) is 0 Å². The van der Waals surface area contributed by atoms with E-state index in [1.165, 1.54) is 11.3 Å². The molecule has 1 aromatic carbocycles. The highest BCUT2D eigenvalue weighted by Crippen LogP contribution is 2.30. The number of nitrogens with one attached hydrogen (secondary N) is 4. The number of nitrogens with zero attached hydrogens (tertiary/aromatic N) is 1. The molecule has 8 heteroatoms. The molecule has 2 aliphatic carbocycles. The maximum Gasteiger partial charge on any atom is 0.320 e. The van der Waals surface area contributed by atoms with Crippen LogP contribution in [0.1, 0.15) is 67.4 Å². The Labute approximate surface area is 186 Å². The molecule has 1 atom stereocenters. The lowest BCUT2D eigenvalue weighted by Gasteiger charge is -2.23. The molecule has 0 spiro atoms. The van der Waals surface area contributed by atoms with Crippen molar-refractivity contribution < 1.29 is 14.1 Å². The molecule has 5 rings (SSSR count). The highest BCUT2D eigenvalue weighted by Gasteiger charge is 2.27. The normalized spacial score (nSPS) is 18.3. The van der Waals surface area contributed by atoms with Gasteiger partial charge in [-0.05, 0) is 55.9 Å². The Bertz CT molecular complexity index is 1180. The SMILES string of the molecule is CC(C)(C)c1cc(NC(=O)NC2CCc3[nH]c4ccc(C(=O)NC5CC5)cc4c3C2)no1. The predicted molar refractivity (Wildman–Crippen MR) is 122 cm³/mol. The minimum absolute atomic E-state index is 0.000524. The number of rotatable bonds is 4. The molecule has 0 radical (unpaired) electrons. The Morgan fingerprint density at radius 3 is 2.62 bits per heavy atom. The molecule has 1 fully saturated rings. The van der Waals surface area contributed by atoms with E-state index in [4.69, 9.17) is 4.52 Å². The van der Waals surface area contributed by atoms with Crippen molar-refractivity contribution in [2.45, 2.75) is 70.4 Å². The summed E-state index contributed by atoms with van der Waals surface area (Å²) in [4.78, 5) is 28.5. The average Bonchev–Trinajstić information content (AvgIpc) is 3.29. The quantitative estimate of drug-likeness (QED) is 0.496. The molecule has 3 aromatic rings. The maximum absolute atomic E-state index is 12.5. The third-order valence-corrected chi connectivity index (χ3v) is 6.19. The van der Waals surface area contributed by atoms with Crippen LogP contribution in [0.4, 0.5) is 10.6 Å². The lowest BCUT2D eigenvalue weighted by molar-refractivity contribution is 0.0951. The van der Waals surface area contributed by atoms with Crippen LogP contribution in [0.25, 0.3) is 10.9 Å². The largest absolute Gasteiger partial charge is 0.359 e. The van der Waals surface area contributed by atoms with Crippen LogP contribution in [0.5, 0.6) is 0 Å². The molecular weight excluding hydrogens is 406 g/mol. The number of amides is 3. The summed E-state index contributed by atoms with van der Waals surface area (Å²) in [5, 5.41) is 13.9. The zero-order valence-electron chi connectivity index (χ0n) is 18.7. The fourth-order valence-electron chi connectivity index (χ4n) is 4.20. The van der Waals surface area contributed by atoms with Crippen LogP contribution in [0.15, 0.2) is 28.8 Å². The molecule has 1 saturated carbocycles. The van der Waals surface area contributed by atoms with E-state index in [2.05, 4.69) is 26.1 Å². The van der Waals surface area contributed by atoms with Crippen molar-refractivity contribution in [1.82, 2.24) is 20.8 Å². The summed E-state index contributed by atoms with van der Waals surface area (Å²) in [7, 11) is 0. The standard InChI is InChI=1S/C24H29N5O3/c1-24(2,3)20-12-21(29-32-20)28-23(31)26-15-7-9-19-17(11-15)16-10-13(4-8-18(16)27-19)22(30)25-14-5-6-14/h4,8,10,12,14-15,27H,5-7,9,11H2,1-3H3,(H,25,30)(H2,26,28,29,31). The van der Waals surface area contributed by atoms with Gasteiger partial charge >= 0.3 is 6.03 Å². The Morgan fingerprint density at radius 2 is 1.91 bits per heavy atom. The first-order chi connectivity index (χ1) is 15.3. The third-order valence-electron chi connectivity index (χ3n) is 6.19. The van der Waals surface area contributed by atoms with E-state index in [1.54, 1.807) is 6.07 Å². The van der Waals surface area contributed by atoms with Crippen molar-refractivity contribution in [2.75, 3.05) is 5.32 Å². The molecule has 2 aromatic heterocycles. The van der Waals surface area contributed by atoms with Gasteiger partial charge in [0.2, 0.25) is 0 Å². The molecule has 4 N–H and O–H groups in total. The Kier molecular flexibility index (Phi) is 4.95. The van der Waals surface area contributed by atoms with E-state index in [0.29, 0.717) is 23.8 Å². The van der Waals surface area contributed by atoms with E-state index in [0.717, 1.165) is 42.3 Å². The highest BCUT2D eigenvalue weighted by molar-refractivity contribution is 5.99. The number of urea groups is 1. The lowest BCUT2D eigenvalue weighted by Crippen LogP contribution is -2.41. The van der Waals surface area contributed by atoms with Crippen LogP contribution >= 0.6 is 0 Å². The van der Waals surface area contributed by atoms with Crippen molar-refractivity contribution in [2.24, 2.45) is 0 Å². The van der Waals surface area contributed by atoms with Crippen molar-refractivity contribution in [3.8, 4) is 0 Å². The van der Waals surface area contributed by atoms with Gasteiger partial charge < -0.3 is 20.1 Å². The topological polar surface area (TPSA) is 112 Å². The van der Waals surface area contributed by atoms with E-state index >= 15 is 0 Å². The summed E-state index contributed by atoms with van der Waals surface area (Å²) < 4.78 is 5.33. The first kappa shape index (κ1) is 20.6. The molecule has 2 heterocycles. The van der Waals surface area contributed by atoms with Gasteiger partial charge in [0.05, 0.1) is 0 Å². The fourth-order valence-corrected chi connectivity index (χ4v) is 4.20. The lowest BCUT2D eigenvalue weighted by atomic mass is 9.91. The van der Waals surface area contributed by atoms with E-state index in [1.807, 2.05) is 39.0 Å². The molecule has 0 bridgehead atoms. The summed E-state index contributed by atoms with van der Waals surface area (Å²) in [6, 6.07) is 7.60. The second-order valence-electron chi connectivity index (χ2n) is 9.95. The molecule has 0 aliphatic heterocycles. The number of hydrogen-bond acceptors (Lipinski definition) is 4.